The van der Waals surface area contributed by atoms with Crippen LogP contribution in [0.15, 0.2) is 0 Å². The van der Waals surface area contributed by atoms with Crippen molar-refractivity contribution in [3.8, 4) is 0 Å². The van der Waals surface area contributed by atoms with Gasteiger partial charge in [0.25, 0.3) is 0 Å². The van der Waals surface area contributed by atoms with Crippen molar-refractivity contribution < 1.29 is 34.7 Å². The van der Waals surface area contributed by atoms with Gasteiger partial charge in [0.2, 0.25) is 6.29 Å². The molecule has 17 heavy (non-hydrogen) atoms. The summed E-state index contributed by atoms with van der Waals surface area (Å²) in [4.78, 5) is 11.2. The topological polar surface area (TPSA) is 116 Å². The van der Waals surface area contributed by atoms with Crippen LogP contribution in [0, 0.1) is 0 Å². The van der Waals surface area contributed by atoms with Crippen molar-refractivity contribution in [1.82, 2.24) is 0 Å². The van der Waals surface area contributed by atoms with Crippen molar-refractivity contribution >= 4 is 5.97 Å². The van der Waals surface area contributed by atoms with Gasteiger partial charge in [0.1, 0.15) is 24.4 Å². The van der Waals surface area contributed by atoms with Crippen LogP contribution in [-0.4, -0.2) is 63.7 Å². The minimum absolute atomic E-state index is 0.162. The van der Waals surface area contributed by atoms with E-state index in [0.717, 1.165) is 0 Å². The van der Waals surface area contributed by atoms with E-state index in [1.165, 1.54) is 0 Å². The number of hydrogen-bond donors (Lipinski definition) is 4. The highest BCUT2D eigenvalue weighted by atomic mass is 16.7. The second kappa shape index (κ2) is 6.27. The molecule has 1 rings (SSSR count). The van der Waals surface area contributed by atoms with Gasteiger partial charge in [-0.3, -0.25) is 4.79 Å². The first-order valence-corrected chi connectivity index (χ1v) is 5.51. The lowest BCUT2D eigenvalue weighted by atomic mass is 9.99. The zero-order valence-electron chi connectivity index (χ0n) is 9.52. The average Bonchev–Trinajstić information content (AvgIpc) is 2.30. The van der Waals surface area contributed by atoms with E-state index in [-0.39, 0.29) is 6.42 Å². The molecule has 0 amide bonds. The molecule has 0 saturated carbocycles. The predicted octanol–water partition coefficient (Wildman–Crippen LogP) is -1.87. The molecule has 1 unspecified atom stereocenters. The van der Waals surface area contributed by atoms with Crippen molar-refractivity contribution in [1.29, 1.82) is 0 Å². The fourth-order valence-corrected chi connectivity index (χ4v) is 1.56. The summed E-state index contributed by atoms with van der Waals surface area (Å²) in [6.07, 6.45) is -6.20. The molecule has 0 spiro atoms. The molecule has 0 aromatic heterocycles. The number of esters is 1. The Morgan fingerprint density at radius 3 is 2.41 bits per heavy atom. The van der Waals surface area contributed by atoms with Crippen LogP contribution in [0.25, 0.3) is 0 Å². The first kappa shape index (κ1) is 14.3. The number of aliphatic hydroxyl groups is 4. The standard InChI is InChI=1S/C10H18O7/c1-2-3-6(12)17-10-9(15)8(14)7(13)5(4-11)16-10/h5,7-11,13-15H,2-4H2,1H3/t5-,7-,8+,9-,10?/m1/s1. The molecule has 4 N–H and O–H groups in total. The van der Waals surface area contributed by atoms with Crippen LogP contribution >= 0.6 is 0 Å². The normalized spacial score (nSPS) is 37.8. The summed E-state index contributed by atoms with van der Waals surface area (Å²) < 4.78 is 9.80. The van der Waals surface area contributed by atoms with E-state index in [9.17, 15) is 20.1 Å². The summed E-state index contributed by atoms with van der Waals surface area (Å²) in [5.74, 6) is -0.572. The summed E-state index contributed by atoms with van der Waals surface area (Å²) in [6, 6.07) is 0. The SMILES string of the molecule is CCCC(=O)OC1O[C@H](CO)[C@@H](O)[C@H](O)[C@H]1O. The highest BCUT2D eigenvalue weighted by Gasteiger charge is 2.45. The number of carbonyl (C=O) groups is 1. The maximum absolute atomic E-state index is 11.2. The molecule has 0 aliphatic carbocycles. The maximum Gasteiger partial charge on any atom is 0.308 e. The van der Waals surface area contributed by atoms with E-state index in [1.807, 2.05) is 0 Å². The molecule has 100 valence electrons. The van der Waals surface area contributed by atoms with Crippen LogP contribution in [0.2, 0.25) is 0 Å². The largest absolute Gasteiger partial charge is 0.433 e. The Bertz CT molecular complexity index is 255. The van der Waals surface area contributed by atoms with Crippen LogP contribution in [0.5, 0.6) is 0 Å². The molecule has 1 saturated heterocycles. The molecule has 0 radical (unpaired) electrons. The van der Waals surface area contributed by atoms with Crippen LogP contribution in [0.4, 0.5) is 0 Å². The highest BCUT2D eigenvalue weighted by molar-refractivity contribution is 5.69. The van der Waals surface area contributed by atoms with Crippen molar-refractivity contribution in [2.45, 2.75) is 50.5 Å². The molecule has 1 heterocycles. The van der Waals surface area contributed by atoms with Gasteiger partial charge in [0.05, 0.1) is 6.61 Å². The van der Waals surface area contributed by atoms with Gasteiger partial charge in [0, 0.05) is 6.42 Å². The summed E-state index contributed by atoms with van der Waals surface area (Å²) >= 11 is 0. The number of aliphatic hydroxyl groups excluding tert-OH is 4. The summed E-state index contributed by atoms with van der Waals surface area (Å²) in [7, 11) is 0. The van der Waals surface area contributed by atoms with Crippen molar-refractivity contribution in [2.24, 2.45) is 0 Å². The molecule has 5 atom stereocenters. The molecule has 1 fully saturated rings. The van der Waals surface area contributed by atoms with Crippen molar-refractivity contribution in [2.75, 3.05) is 6.61 Å². The van der Waals surface area contributed by atoms with E-state index in [0.29, 0.717) is 6.42 Å². The second-order valence-electron chi connectivity index (χ2n) is 3.94. The smallest absolute Gasteiger partial charge is 0.308 e. The third-order valence-corrected chi connectivity index (χ3v) is 2.55. The monoisotopic (exact) mass is 250 g/mol. The first-order chi connectivity index (χ1) is 8.01. The highest BCUT2D eigenvalue weighted by Crippen LogP contribution is 2.22. The van der Waals surface area contributed by atoms with Gasteiger partial charge >= 0.3 is 5.97 Å². The second-order valence-corrected chi connectivity index (χ2v) is 3.94. The molecule has 0 aromatic carbocycles. The van der Waals surface area contributed by atoms with Gasteiger partial charge in [-0.1, -0.05) is 6.92 Å². The minimum Gasteiger partial charge on any atom is -0.433 e. The first-order valence-electron chi connectivity index (χ1n) is 5.51. The van der Waals surface area contributed by atoms with E-state index >= 15 is 0 Å². The molecule has 0 aromatic rings. The van der Waals surface area contributed by atoms with E-state index in [4.69, 9.17) is 14.6 Å². The summed E-state index contributed by atoms with van der Waals surface area (Å²) in [5, 5.41) is 37.4. The number of ether oxygens (including phenoxy) is 2. The van der Waals surface area contributed by atoms with Gasteiger partial charge in [-0.05, 0) is 6.42 Å². The molecule has 7 nitrogen and oxygen atoms in total. The molecular weight excluding hydrogens is 232 g/mol. The van der Waals surface area contributed by atoms with Crippen LogP contribution < -0.4 is 0 Å². The summed E-state index contributed by atoms with van der Waals surface area (Å²) in [5.41, 5.74) is 0. The van der Waals surface area contributed by atoms with E-state index < -0.39 is 43.3 Å². The summed E-state index contributed by atoms with van der Waals surface area (Å²) in [6.45, 7) is 1.24. The third-order valence-electron chi connectivity index (χ3n) is 2.55. The van der Waals surface area contributed by atoms with Crippen molar-refractivity contribution in [3.63, 3.8) is 0 Å². The Morgan fingerprint density at radius 2 is 1.88 bits per heavy atom. The van der Waals surface area contributed by atoms with Gasteiger partial charge < -0.3 is 29.9 Å². The molecule has 1 aliphatic rings. The van der Waals surface area contributed by atoms with Crippen LogP contribution in [0.1, 0.15) is 19.8 Å². The minimum atomic E-state index is -1.53. The van der Waals surface area contributed by atoms with Gasteiger partial charge in [-0.15, -0.1) is 0 Å². The van der Waals surface area contributed by atoms with Gasteiger partial charge in [-0.25, -0.2) is 0 Å². The molecule has 0 bridgehead atoms. The Labute approximate surface area is 98.6 Å². The van der Waals surface area contributed by atoms with Crippen LogP contribution in [-0.2, 0) is 14.3 Å². The third kappa shape index (κ3) is 3.36. The van der Waals surface area contributed by atoms with Crippen molar-refractivity contribution in [3.05, 3.63) is 0 Å². The fourth-order valence-electron chi connectivity index (χ4n) is 1.56. The number of hydrogen-bond acceptors (Lipinski definition) is 7. The Morgan fingerprint density at radius 1 is 1.24 bits per heavy atom. The molecular formula is C10H18O7. The predicted molar refractivity (Wildman–Crippen MR) is 54.8 cm³/mol. The number of rotatable bonds is 4. The quantitative estimate of drug-likeness (QED) is 0.432. The number of carbonyl (C=O) groups excluding carboxylic acids is 1. The lowest BCUT2D eigenvalue weighted by Gasteiger charge is -2.39. The van der Waals surface area contributed by atoms with E-state index in [2.05, 4.69) is 0 Å². The van der Waals surface area contributed by atoms with Gasteiger partial charge in [0.15, 0.2) is 0 Å². The maximum atomic E-state index is 11.2. The Kier molecular flexibility index (Phi) is 5.29. The van der Waals surface area contributed by atoms with Gasteiger partial charge in [-0.2, -0.15) is 0 Å². The average molecular weight is 250 g/mol. The zero-order valence-corrected chi connectivity index (χ0v) is 9.52. The van der Waals surface area contributed by atoms with E-state index in [1.54, 1.807) is 6.92 Å². The lowest BCUT2D eigenvalue weighted by Crippen LogP contribution is -2.59. The lowest BCUT2D eigenvalue weighted by molar-refractivity contribution is -0.292. The zero-order chi connectivity index (χ0) is 13.0. The molecule has 7 heteroatoms. The Hall–Kier alpha value is -0.730. The Balaban J connectivity index is 2.62. The molecule has 1 aliphatic heterocycles. The fraction of sp³-hybridized carbons (Fsp3) is 0.900. The van der Waals surface area contributed by atoms with Crippen LogP contribution in [0.3, 0.4) is 0 Å².